The van der Waals surface area contributed by atoms with Gasteiger partial charge in [-0.3, -0.25) is 0 Å². The molecule has 0 aliphatic rings. The van der Waals surface area contributed by atoms with E-state index < -0.39 is 0 Å². The van der Waals surface area contributed by atoms with Gasteiger partial charge >= 0.3 is 0 Å². The summed E-state index contributed by atoms with van der Waals surface area (Å²) in [5.41, 5.74) is 4.51. The van der Waals surface area contributed by atoms with Gasteiger partial charge in [0.05, 0.1) is 5.69 Å². The fourth-order valence-corrected chi connectivity index (χ4v) is 2.77. The highest BCUT2D eigenvalue weighted by Crippen LogP contribution is 2.26. The molecule has 0 aliphatic carbocycles. The predicted octanol–water partition coefficient (Wildman–Crippen LogP) is 4.31. The normalized spacial score (nSPS) is 10.8. The third-order valence-corrected chi connectivity index (χ3v) is 3.78. The Morgan fingerprint density at radius 1 is 1.00 bits per heavy atom. The maximum Gasteiger partial charge on any atom is 0.163 e. The molecule has 1 aromatic heterocycles. The van der Waals surface area contributed by atoms with E-state index in [0.29, 0.717) is 0 Å². The molecule has 1 heterocycles. The number of halogens is 1. The lowest BCUT2D eigenvalue weighted by atomic mass is 10.1. The first kappa shape index (κ1) is 13.1. The highest BCUT2D eigenvalue weighted by Gasteiger charge is 2.13. The van der Waals surface area contributed by atoms with E-state index in [1.54, 1.807) is 6.33 Å². The molecule has 0 amide bonds. The van der Waals surface area contributed by atoms with Crippen LogP contribution in [0.5, 0.6) is 0 Å². The Hall–Kier alpha value is -1.94. The highest BCUT2D eigenvalue weighted by atomic mass is 79.9. The van der Waals surface area contributed by atoms with Gasteiger partial charge < -0.3 is 0 Å². The Morgan fingerprint density at radius 3 is 2.40 bits per heavy atom. The molecule has 0 fully saturated rings. The highest BCUT2D eigenvalue weighted by molar-refractivity contribution is 9.10. The van der Waals surface area contributed by atoms with E-state index in [1.807, 2.05) is 28.9 Å². The molecule has 3 nitrogen and oxygen atoms in total. The topological polar surface area (TPSA) is 30.7 Å². The molecule has 2 aromatic carbocycles. The Balaban J connectivity index is 2.21. The van der Waals surface area contributed by atoms with Crippen LogP contribution in [0.1, 0.15) is 11.1 Å². The van der Waals surface area contributed by atoms with E-state index in [1.165, 1.54) is 11.1 Å². The SMILES string of the molecule is Cc1cccc(C)c1-n1ncnc1-c1cccc(Br)c1. The first-order valence-corrected chi connectivity index (χ1v) is 7.18. The predicted molar refractivity (Wildman–Crippen MR) is 84.0 cm³/mol. The summed E-state index contributed by atoms with van der Waals surface area (Å²) >= 11 is 3.50. The number of nitrogens with zero attached hydrogens (tertiary/aromatic N) is 3. The van der Waals surface area contributed by atoms with E-state index in [-0.39, 0.29) is 0 Å². The third kappa shape index (κ3) is 2.27. The molecule has 0 aliphatic heterocycles. The van der Waals surface area contributed by atoms with Crippen molar-refractivity contribution in [3.63, 3.8) is 0 Å². The van der Waals surface area contributed by atoms with Crippen molar-refractivity contribution in [2.75, 3.05) is 0 Å². The largest absolute Gasteiger partial charge is 0.215 e. The Kier molecular flexibility index (Phi) is 3.40. The van der Waals surface area contributed by atoms with Crippen molar-refractivity contribution in [2.24, 2.45) is 0 Å². The second-order valence-corrected chi connectivity index (χ2v) is 5.66. The maximum absolute atomic E-state index is 4.42. The van der Waals surface area contributed by atoms with Crippen LogP contribution in [-0.4, -0.2) is 14.8 Å². The molecule has 3 aromatic rings. The minimum atomic E-state index is 0.851. The monoisotopic (exact) mass is 327 g/mol. The molecule has 0 saturated carbocycles. The molecule has 0 unspecified atom stereocenters. The number of para-hydroxylation sites is 1. The van der Waals surface area contributed by atoms with Crippen LogP contribution in [0.3, 0.4) is 0 Å². The fourth-order valence-electron chi connectivity index (χ4n) is 2.37. The van der Waals surface area contributed by atoms with Crippen LogP contribution in [0.4, 0.5) is 0 Å². The lowest BCUT2D eigenvalue weighted by molar-refractivity contribution is 0.871. The zero-order valence-corrected chi connectivity index (χ0v) is 12.9. The molecule has 3 rings (SSSR count). The van der Waals surface area contributed by atoms with E-state index in [2.05, 4.69) is 58.1 Å². The van der Waals surface area contributed by atoms with Gasteiger partial charge in [-0.25, -0.2) is 9.67 Å². The van der Waals surface area contributed by atoms with Crippen LogP contribution < -0.4 is 0 Å². The van der Waals surface area contributed by atoms with Crippen LogP contribution >= 0.6 is 15.9 Å². The number of benzene rings is 2. The second kappa shape index (κ2) is 5.21. The van der Waals surface area contributed by atoms with E-state index in [4.69, 9.17) is 0 Å². The molecule has 0 bridgehead atoms. The van der Waals surface area contributed by atoms with Crippen molar-refractivity contribution < 1.29 is 0 Å². The lowest BCUT2D eigenvalue weighted by Gasteiger charge is -2.12. The molecule has 0 atom stereocenters. The van der Waals surface area contributed by atoms with Crippen molar-refractivity contribution in [3.05, 3.63) is 64.4 Å². The van der Waals surface area contributed by atoms with Crippen LogP contribution in [0.25, 0.3) is 17.1 Å². The molecule has 100 valence electrons. The molecule has 0 N–H and O–H groups in total. The summed E-state index contributed by atoms with van der Waals surface area (Å²) in [5, 5.41) is 4.40. The number of aromatic nitrogens is 3. The summed E-state index contributed by atoms with van der Waals surface area (Å²) in [5.74, 6) is 0.851. The first-order chi connectivity index (χ1) is 9.66. The van der Waals surface area contributed by atoms with Gasteiger partial charge in [0, 0.05) is 10.0 Å². The Morgan fingerprint density at radius 2 is 1.70 bits per heavy atom. The average molecular weight is 328 g/mol. The smallest absolute Gasteiger partial charge is 0.163 e. The van der Waals surface area contributed by atoms with Gasteiger partial charge in [0.1, 0.15) is 6.33 Å². The van der Waals surface area contributed by atoms with E-state index >= 15 is 0 Å². The number of rotatable bonds is 2. The van der Waals surface area contributed by atoms with E-state index in [0.717, 1.165) is 21.5 Å². The molecular formula is C16H14BrN3. The zero-order chi connectivity index (χ0) is 14.1. The Labute approximate surface area is 126 Å². The molecule has 0 saturated heterocycles. The summed E-state index contributed by atoms with van der Waals surface area (Å²) in [6, 6.07) is 14.3. The second-order valence-electron chi connectivity index (χ2n) is 4.75. The summed E-state index contributed by atoms with van der Waals surface area (Å²) in [4.78, 5) is 4.42. The lowest BCUT2D eigenvalue weighted by Crippen LogP contribution is -2.04. The average Bonchev–Trinajstić information content (AvgIpc) is 2.87. The molecule has 0 spiro atoms. The minimum absolute atomic E-state index is 0.851. The van der Waals surface area contributed by atoms with Crippen molar-refractivity contribution in [1.82, 2.24) is 14.8 Å². The van der Waals surface area contributed by atoms with Gasteiger partial charge in [-0.05, 0) is 37.1 Å². The molecular weight excluding hydrogens is 314 g/mol. The van der Waals surface area contributed by atoms with Gasteiger partial charge in [0.25, 0.3) is 0 Å². The standard InChI is InChI=1S/C16H14BrN3/c1-11-5-3-6-12(2)15(11)20-16(18-10-19-20)13-7-4-8-14(17)9-13/h3-10H,1-2H3. The van der Waals surface area contributed by atoms with Gasteiger partial charge in [0.15, 0.2) is 5.82 Å². The number of aryl methyl sites for hydroxylation is 2. The van der Waals surface area contributed by atoms with Crippen molar-refractivity contribution >= 4 is 15.9 Å². The van der Waals surface area contributed by atoms with Crippen molar-refractivity contribution in [2.45, 2.75) is 13.8 Å². The summed E-state index contributed by atoms with van der Waals surface area (Å²) < 4.78 is 2.94. The minimum Gasteiger partial charge on any atom is -0.215 e. The maximum atomic E-state index is 4.42. The summed E-state index contributed by atoms with van der Waals surface area (Å²) in [6.45, 7) is 4.18. The first-order valence-electron chi connectivity index (χ1n) is 6.39. The molecule has 20 heavy (non-hydrogen) atoms. The van der Waals surface area contributed by atoms with Crippen LogP contribution in [0, 0.1) is 13.8 Å². The van der Waals surface area contributed by atoms with Gasteiger partial charge in [-0.2, -0.15) is 5.10 Å². The summed E-state index contributed by atoms with van der Waals surface area (Å²) in [7, 11) is 0. The van der Waals surface area contributed by atoms with Crippen LogP contribution in [0.2, 0.25) is 0 Å². The van der Waals surface area contributed by atoms with Crippen molar-refractivity contribution in [3.8, 4) is 17.1 Å². The number of hydrogen-bond acceptors (Lipinski definition) is 2. The van der Waals surface area contributed by atoms with Crippen molar-refractivity contribution in [1.29, 1.82) is 0 Å². The third-order valence-electron chi connectivity index (χ3n) is 3.28. The molecule has 0 radical (unpaired) electrons. The zero-order valence-electron chi connectivity index (χ0n) is 11.3. The van der Waals surface area contributed by atoms with Gasteiger partial charge in [0.2, 0.25) is 0 Å². The van der Waals surface area contributed by atoms with E-state index in [9.17, 15) is 0 Å². The molecule has 4 heteroatoms. The quantitative estimate of drug-likeness (QED) is 0.702. The van der Waals surface area contributed by atoms with Gasteiger partial charge in [-0.1, -0.05) is 46.3 Å². The Bertz CT molecular complexity index is 742. The fraction of sp³-hybridized carbons (Fsp3) is 0.125. The van der Waals surface area contributed by atoms with Gasteiger partial charge in [-0.15, -0.1) is 0 Å². The summed E-state index contributed by atoms with van der Waals surface area (Å²) in [6.07, 6.45) is 1.60. The van der Waals surface area contributed by atoms with Crippen LogP contribution in [0.15, 0.2) is 53.3 Å². The number of hydrogen-bond donors (Lipinski definition) is 0. The van der Waals surface area contributed by atoms with Crippen LogP contribution in [-0.2, 0) is 0 Å².